The SMILES string of the molecule is C[C@H]1CCc2sc(C(=O)NNS(=O)(=O)Cc3ccccc3)cc2C1. The highest BCUT2D eigenvalue weighted by Crippen LogP contribution is 2.32. The molecule has 2 aromatic rings. The van der Waals surface area contributed by atoms with Crippen LogP contribution in [0.2, 0.25) is 0 Å². The summed E-state index contributed by atoms with van der Waals surface area (Å²) in [6.45, 7) is 2.21. The van der Waals surface area contributed by atoms with Crippen LogP contribution in [-0.4, -0.2) is 14.3 Å². The Bertz CT molecular complexity index is 829. The van der Waals surface area contributed by atoms with Crippen molar-refractivity contribution in [3.05, 3.63) is 57.3 Å². The maximum atomic E-state index is 12.2. The van der Waals surface area contributed by atoms with Crippen molar-refractivity contribution in [3.8, 4) is 0 Å². The van der Waals surface area contributed by atoms with Gasteiger partial charge in [0.25, 0.3) is 5.91 Å². The molecule has 1 amide bonds. The summed E-state index contributed by atoms with van der Waals surface area (Å²) in [7, 11) is -3.63. The number of nitrogens with one attached hydrogen (secondary N) is 2. The van der Waals surface area contributed by atoms with Crippen LogP contribution in [0, 0.1) is 5.92 Å². The lowest BCUT2D eigenvalue weighted by Gasteiger charge is -2.16. The summed E-state index contributed by atoms with van der Waals surface area (Å²) in [5.74, 6) is 0.0538. The van der Waals surface area contributed by atoms with Gasteiger partial charge in [0.15, 0.2) is 0 Å². The van der Waals surface area contributed by atoms with Crippen LogP contribution in [0.3, 0.4) is 0 Å². The van der Waals surface area contributed by atoms with Gasteiger partial charge in [0.2, 0.25) is 10.0 Å². The zero-order valence-electron chi connectivity index (χ0n) is 13.4. The van der Waals surface area contributed by atoms with Gasteiger partial charge in [-0.15, -0.1) is 16.2 Å². The zero-order valence-corrected chi connectivity index (χ0v) is 15.0. The van der Waals surface area contributed by atoms with Crippen LogP contribution in [0.25, 0.3) is 0 Å². The molecule has 1 atom stereocenters. The van der Waals surface area contributed by atoms with Gasteiger partial charge in [-0.05, 0) is 42.4 Å². The molecular formula is C17H20N2O3S2. The number of aryl methyl sites for hydroxylation is 1. The number of hydrogen-bond acceptors (Lipinski definition) is 4. The van der Waals surface area contributed by atoms with Crippen LogP contribution >= 0.6 is 11.3 Å². The zero-order chi connectivity index (χ0) is 17.2. The standard InChI is InChI=1S/C17H20N2O3S2/c1-12-7-8-15-14(9-12)10-16(23-15)17(20)18-19-24(21,22)11-13-5-3-2-4-6-13/h2-6,10,12,19H,7-9,11H2,1H3,(H,18,20)/t12-/m0/s1. The van der Waals surface area contributed by atoms with Gasteiger partial charge in [0.1, 0.15) is 0 Å². The minimum Gasteiger partial charge on any atom is -0.273 e. The van der Waals surface area contributed by atoms with E-state index in [9.17, 15) is 13.2 Å². The number of hydrogen-bond donors (Lipinski definition) is 2. The Morgan fingerprint density at radius 1 is 1.29 bits per heavy atom. The molecular weight excluding hydrogens is 344 g/mol. The fourth-order valence-electron chi connectivity index (χ4n) is 2.83. The van der Waals surface area contributed by atoms with Gasteiger partial charge in [-0.3, -0.25) is 10.2 Å². The van der Waals surface area contributed by atoms with E-state index in [1.165, 1.54) is 21.8 Å². The third-order valence-corrected chi connectivity index (χ3v) is 6.43. The maximum Gasteiger partial charge on any atom is 0.276 e. The largest absolute Gasteiger partial charge is 0.276 e. The summed E-state index contributed by atoms with van der Waals surface area (Å²) in [6, 6.07) is 10.7. The van der Waals surface area contributed by atoms with E-state index >= 15 is 0 Å². The second kappa shape index (κ2) is 7.04. The molecule has 128 valence electrons. The molecule has 0 saturated carbocycles. The molecule has 1 aliphatic carbocycles. The molecule has 0 unspecified atom stereocenters. The Morgan fingerprint density at radius 3 is 2.79 bits per heavy atom. The van der Waals surface area contributed by atoms with E-state index in [4.69, 9.17) is 0 Å². The Hall–Kier alpha value is -1.70. The van der Waals surface area contributed by atoms with E-state index in [2.05, 4.69) is 17.2 Å². The van der Waals surface area contributed by atoms with Gasteiger partial charge in [-0.2, -0.15) is 0 Å². The smallest absolute Gasteiger partial charge is 0.273 e. The molecule has 0 saturated heterocycles. The number of thiophene rings is 1. The van der Waals surface area contributed by atoms with Gasteiger partial charge in [0, 0.05) is 4.88 Å². The van der Waals surface area contributed by atoms with Crippen molar-refractivity contribution in [2.75, 3.05) is 0 Å². The predicted molar refractivity (Wildman–Crippen MR) is 95.2 cm³/mol. The number of benzene rings is 1. The average molecular weight is 364 g/mol. The summed E-state index contributed by atoms with van der Waals surface area (Å²) in [4.78, 5) is 16.2. The number of hydrazine groups is 1. The molecule has 0 aliphatic heterocycles. The molecule has 2 N–H and O–H groups in total. The van der Waals surface area contributed by atoms with Crippen molar-refractivity contribution in [2.24, 2.45) is 5.92 Å². The molecule has 0 radical (unpaired) electrons. The molecule has 1 heterocycles. The van der Waals surface area contributed by atoms with Crippen molar-refractivity contribution in [3.63, 3.8) is 0 Å². The molecule has 7 heteroatoms. The molecule has 1 aliphatic rings. The summed E-state index contributed by atoms with van der Waals surface area (Å²) in [5, 5.41) is 0. The predicted octanol–water partition coefficient (Wildman–Crippen LogP) is 2.64. The first-order valence-electron chi connectivity index (χ1n) is 7.88. The van der Waals surface area contributed by atoms with E-state index in [0.717, 1.165) is 19.3 Å². The lowest BCUT2D eigenvalue weighted by molar-refractivity contribution is 0.0949. The number of sulfonamides is 1. The van der Waals surface area contributed by atoms with E-state index in [1.54, 1.807) is 24.3 Å². The summed E-state index contributed by atoms with van der Waals surface area (Å²) in [6.07, 6.45) is 3.12. The third kappa shape index (κ3) is 4.23. The normalized spacial score (nSPS) is 17.3. The lowest BCUT2D eigenvalue weighted by atomic mass is 9.90. The molecule has 24 heavy (non-hydrogen) atoms. The Kier molecular flexibility index (Phi) is 5.03. The van der Waals surface area contributed by atoms with E-state index in [1.807, 2.05) is 12.1 Å². The first kappa shape index (κ1) is 17.1. The number of rotatable bonds is 5. The molecule has 0 bridgehead atoms. The summed E-state index contributed by atoms with van der Waals surface area (Å²) < 4.78 is 24.1. The fourth-order valence-corrected chi connectivity index (χ4v) is 4.89. The first-order chi connectivity index (χ1) is 11.4. The highest BCUT2D eigenvalue weighted by Gasteiger charge is 2.21. The number of carbonyl (C=O) groups is 1. The molecule has 3 rings (SSSR count). The molecule has 1 aromatic carbocycles. The average Bonchev–Trinajstić information content (AvgIpc) is 2.96. The van der Waals surface area contributed by atoms with Crippen LogP contribution in [0.4, 0.5) is 0 Å². The van der Waals surface area contributed by atoms with Crippen molar-refractivity contribution < 1.29 is 13.2 Å². The van der Waals surface area contributed by atoms with Gasteiger partial charge in [-0.25, -0.2) is 8.42 Å². The minimum atomic E-state index is -3.63. The van der Waals surface area contributed by atoms with Gasteiger partial charge in [0.05, 0.1) is 10.6 Å². The second-order valence-electron chi connectivity index (χ2n) is 6.21. The van der Waals surface area contributed by atoms with Gasteiger partial charge in [-0.1, -0.05) is 37.3 Å². The van der Waals surface area contributed by atoms with Crippen LogP contribution in [0.15, 0.2) is 36.4 Å². The van der Waals surface area contributed by atoms with Crippen molar-refractivity contribution in [1.29, 1.82) is 0 Å². The monoisotopic (exact) mass is 364 g/mol. The number of fused-ring (bicyclic) bond motifs is 1. The first-order valence-corrected chi connectivity index (χ1v) is 10.3. The van der Waals surface area contributed by atoms with Crippen molar-refractivity contribution in [2.45, 2.75) is 31.9 Å². The Balaban J connectivity index is 1.61. The van der Waals surface area contributed by atoms with Crippen molar-refractivity contribution >= 4 is 27.3 Å². The highest BCUT2D eigenvalue weighted by molar-refractivity contribution is 7.88. The summed E-state index contributed by atoms with van der Waals surface area (Å²) >= 11 is 1.45. The van der Waals surface area contributed by atoms with Gasteiger partial charge >= 0.3 is 0 Å². The molecule has 0 spiro atoms. The minimum absolute atomic E-state index is 0.174. The summed E-state index contributed by atoms with van der Waals surface area (Å²) in [5.41, 5.74) is 4.20. The van der Waals surface area contributed by atoms with Crippen LogP contribution in [-0.2, 0) is 28.6 Å². The fraction of sp³-hybridized carbons (Fsp3) is 0.353. The number of amides is 1. The van der Waals surface area contributed by atoms with Crippen LogP contribution in [0.5, 0.6) is 0 Å². The quantitative estimate of drug-likeness (QED) is 0.801. The molecule has 1 aromatic heterocycles. The maximum absolute atomic E-state index is 12.2. The van der Waals surface area contributed by atoms with E-state index in [0.29, 0.717) is 16.4 Å². The molecule has 0 fully saturated rings. The van der Waals surface area contributed by atoms with Crippen LogP contribution < -0.4 is 10.3 Å². The van der Waals surface area contributed by atoms with Crippen molar-refractivity contribution in [1.82, 2.24) is 10.3 Å². The Morgan fingerprint density at radius 2 is 2.04 bits per heavy atom. The van der Waals surface area contributed by atoms with E-state index in [-0.39, 0.29) is 5.75 Å². The lowest BCUT2D eigenvalue weighted by Crippen LogP contribution is -2.41. The second-order valence-corrected chi connectivity index (χ2v) is 9.07. The third-order valence-electron chi connectivity index (χ3n) is 4.07. The number of carbonyl (C=O) groups excluding carboxylic acids is 1. The van der Waals surface area contributed by atoms with Gasteiger partial charge < -0.3 is 0 Å². The molecule has 5 nitrogen and oxygen atoms in total. The highest BCUT2D eigenvalue weighted by atomic mass is 32.2. The van der Waals surface area contributed by atoms with E-state index < -0.39 is 15.9 Å². The topological polar surface area (TPSA) is 75.3 Å². The Labute approximate surface area is 146 Å². The van der Waals surface area contributed by atoms with Crippen LogP contribution in [0.1, 0.15) is 39.0 Å².